The third-order valence-electron chi connectivity index (χ3n) is 4.05. The van der Waals surface area contributed by atoms with E-state index in [4.69, 9.17) is 15.2 Å². The number of ether oxygens (including phenoxy) is 2. The molecule has 3 heteroatoms. The lowest BCUT2D eigenvalue weighted by Gasteiger charge is -2.36. The zero-order valence-electron chi connectivity index (χ0n) is 10.9. The Hall–Kier alpha value is -1.06. The van der Waals surface area contributed by atoms with Crippen molar-refractivity contribution in [2.45, 2.75) is 38.3 Å². The first-order valence-electron chi connectivity index (χ1n) is 6.84. The molecule has 3 unspecified atom stereocenters. The molecule has 98 valence electrons. The smallest absolute Gasteiger partial charge is 0.124 e. The summed E-state index contributed by atoms with van der Waals surface area (Å²) < 4.78 is 11.7. The van der Waals surface area contributed by atoms with Crippen LogP contribution in [0.2, 0.25) is 0 Å². The molecule has 1 saturated heterocycles. The Morgan fingerprint density at radius 1 is 1.33 bits per heavy atom. The average Bonchev–Trinajstić information content (AvgIpc) is 2.40. The first-order valence-corrected chi connectivity index (χ1v) is 6.84. The molecule has 3 nitrogen and oxygen atoms in total. The molecule has 2 aliphatic heterocycles. The highest BCUT2D eigenvalue weighted by Gasteiger charge is 2.32. The summed E-state index contributed by atoms with van der Waals surface area (Å²) in [6.07, 6.45) is 3.46. The van der Waals surface area contributed by atoms with Crippen molar-refractivity contribution >= 4 is 0 Å². The van der Waals surface area contributed by atoms with Gasteiger partial charge in [-0.1, -0.05) is 17.7 Å². The molecular weight excluding hydrogens is 226 g/mol. The Bertz CT molecular complexity index is 427. The maximum Gasteiger partial charge on any atom is 0.124 e. The van der Waals surface area contributed by atoms with Crippen molar-refractivity contribution in [2.75, 3.05) is 13.2 Å². The van der Waals surface area contributed by atoms with Gasteiger partial charge >= 0.3 is 0 Å². The quantitative estimate of drug-likeness (QED) is 0.829. The van der Waals surface area contributed by atoms with E-state index in [0.29, 0.717) is 5.92 Å². The van der Waals surface area contributed by atoms with Crippen LogP contribution in [-0.4, -0.2) is 19.3 Å². The summed E-state index contributed by atoms with van der Waals surface area (Å²) in [4.78, 5) is 0. The summed E-state index contributed by atoms with van der Waals surface area (Å²) >= 11 is 0. The molecule has 3 rings (SSSR count). The van der Waals surface area contributed by atoms with Crippen LogP contribution in [0.5, 0.6) is 5.75 Å². The normalized spacial score (nSPS) is 31.6. The average molecular weight is 247 g/mol. The SMILES string of the molecule is Cc1ccc2c(c1)C(N)CC(C1CCCOC1)O2. The van der Waals surface area contributed by atoms with Crippen LogP contribution in [0.25, 0.3) is 0 Å². The fourth-order valence-electron chi connectivity index (χ4n) is 3.00. The van der Waals surface area contributed by atoms with Crippen molar-refractivity contribution in [3.8, 4) is 5.75 Å². The molecule has 1 aromatic carbocycles. The Kier molecular flexibility index (Phi) is 3.27. The van der Waals surface area contributed by atoms with E-state index in [0.717, 1.165) is 37.4 Å². The summed E-state index contributed by atoms with van der Waals surface area (Å²) in [7, 11) is 0. The second kappa shape index (κ2) is 4.90. The minimum atomic E-state index is 0.0978. The lowest BCUT2D eigenvalue weighted by atomic mass is 9.87. The van der Waals surface area contributed by atoms with Crippen molar-refractivity contribution in [3.05, 3.63) is 29.3 Å². The van der Waals surface area contributed by atoms with Crippen LogP contribution in [0.4, 0.5) is 0 Å². The summed E-state index contributed by atoms with van der Waals surface area (Å²) in [6, 6.07) is 6.39. The second-order valence-electron chi connectivity index (χ2n) is 5.52. The highest BCUT2D eigenvalue weighted by molar-refractivity contribution is 5.40. The number of rotatable bonds is 1. The number of benzene rings is 1. The van der Waals surface area contributed by atoms with Crippen LogP contribution >= 0.6 is 0 Å². The molecule has 1 fully saturated rings. The van der Waals surface area contributed by atoms with E-state index >= 15 is 0 Å². The lowest BCUT2D eigenvalue weighted by Crippen LogP contribution is -2.39. The van der Waals surface area contributed by atoms with E-state index in [1.54, 1.807) is 0 Å². The second-order valence-corrected chi connectivity index (χ2v) is 5.52. The van der Waals surface area contributed by atoms with Crippen LogP contribution in [0.1, 0.15) is 36.4 Å². The van der Waals surface area contributed by atoms with Crippen molar-refractivity contribution in [1.29, 1.82) is 0 Å². The molecule has 0 amide bonds. The van der Waals surface area contributed by atoms with Gasteiger partial charge in [-0.15, -0.1) is 0 Å². The van der Waals surface area contributed by atoms with Crippen LogP contribution in [0, 0.1) is 12.8 Å². The van der Waals surface area contributed by atoms with Crippen molar-refractivity contribution in [1.82, 2.24) is 0 Å². The monoisotopic (exact) mass is 247 g/mol. The summed E-state index contributed by atoms with van der Waals surface area (Å²) in [5.41, 5.74) is 8.69. The molecule has 0 radical (unpaired) electrons. The Morgan fingerprint density at radius 2 is 2.22 bits per heavy atom. The van der Waals surface area contributed by atoms with Gasteiger partial charge in [0.15, 0.2) is 0 Å². The third-order valence-corrected chi connectivity index (χ3v) is 4.05. The molecule has 0 bridgehead atoms. The van der Waals surface area contributed by atoms with E-state index in [-0.39, 0.29) is 12.1 Å². The predicted octanol–water partition coefficient (Wildman–Crippen LogP) is 2.57. The van der Waals surface area contributed by atoms with E-state index in [9.17, 15) is 0 Å². The first-order chi connectivity index (χ1) is 8.74. The van der Waals surface area contributed by atoms with Crippen molar-refractivity contribution < 1.29 is 9.47 Å². The molecule has 0 aromatic heterocycles. The minimum absolute atomic E-state index is 0.0978. The van der Waals surface area contributed by atoms with Gasteiger partial charge in [0.2, 0.25) is 0 Å². The zero-order chi connectivity index (χ0) is 12.5. The molecule has 0 spiro atoms. The largest absolute Gasteiger partial charge is 0.490 e. The van der Waals surface area contributed by atoms with E-state index in [1.165, 1.54) is 12.0 Å². The maximum atomic E-state index is 6.29. The highest BCUT2D eigenvalue weighted by atomic mass is 16.5. The molecule has 0 aliphatic carbocycles. The van der Waals surface area contributed by atoms with Gasteiger partial charge in [-0.3, -0.25) is 0 Å². The molecule has 2 N–H and O–H groups in total. The molecule has 1 aromatic rings. The van der Waals surface area contributed by atoms with Crippen LogP contribution in [0.15, 0.2) is 18.2 Å². The summed E-state index contributed by atoms with van der Waals surface area (Å²) in [6.45, 7) is 3.80. The van der Waals surface area contributed by atoms with Crippen molar-refractivity contribution in [2.24, 2.45) is 11.7 Å². The predicted molar refractivity (Wildman–Crippen MR) is 70.7 cm³/mol. The Morgan fingerprint density at radius 3 is 3.00 bits per heavy atom. The first kappa shape index (κ1) is 12.0. The molecule has 3 atom stereocenters. The lowest BCUT2D eigenvalue weighted by molar-refractivity contribution is -0.00924. The standard InChI is InChI=1S/C15H21NO2/c1-10-4-5-14-12(7-10)13(16)8-15(18-14)11-3-2-6-17-9-11/h4-5,7,11,13,15H,2-3,6,8-9,16H2,1H3. The van der Waals surface area contributed by atoms with Crippen molar-refractivity contribution in [3.63, 3.8) is 0 Å². The Balaban J connectivity index is 1.80. The fourth-order valence-corrected chi connectivity index (χ4v) is 3.00. The number of hydrogen-bond acceptors (Lipinski definition) is 3. The molecule has 2 heterocycles. The van der Waals surface area contributed by atoms with Gasteiger partial charge in [0, 0.05) is 30.6 Å². The molecule has 2 aliphatic rings. The number of fused-ring (bicyclic) bond motifs is 1. The zero-order valence-corrected chi connectivity index (χ0v) is 10.9. The third kappa shape index (κ3) is 2.25. The number of hydrogen-bond donors (Lipinski definition) is 1. The minimum Gasteiger partial charge on any atom is -0.490 e. The van der Waals surface area contributed by atoms with Crippen LogP contribution in [-0.2, 0) is 4.74 Å². The molecular formula is C15H21NO2. The summed E-state index contributed by atoms with van der Waals surface area (Å²) in [5.74, 6) is 1.47. The van der Waals surface area contributed by atoms with Gasteiger partial charge in [0.1, 0.15) is 11.9 Å². The highest BCUT2D eigenvalue weighted by Crippen LogP contribution is 2.37. The van der Waals surface area contributed by atoms with Gasteiger partial charge in [0.25, 0.3) is 0 Å². The van der Waals surface area contributed by atoms with E-state index in [2.05, 4.69) is 25.1 Å². The van der Waals surface area contributed by atoms with E-state index < -0.39 is 0 Å². The van der Waals surface area contributed by atoms with Gasteiger partial charge in [0.05, 0.1) is 6.61 Å². The van der Waals surface area contributed by atoms with Crippen LogP contribution in [0.3, 0.4) is 0 Å². The topological polar surface area (TPSA) is 44.5 Å². The van der Waals surface area contributed by atoms with Gasteiger partial charge in [-0.25, -0.2) is 0 Å². The maximum absolute atomic E-state index is 6.29. The van der Waals surface area contributed by atoms with Gasteiger partial charge < -0.3 is 15.2 Å². The molecule has 0 saturated carbocycles. The fraction of sp³-hybridized carbons (Fsp3) is 0.600. The summed E-state index contributed by atoms with van der Waals surface area (Å²) in [5, 5.41) is 0. The number of nitrogens with two attached hydrogens (primary N) is 1. The Labute approximate surface area is 108 Å². The van der Waals surface area contributed by atoms with E-state index in [1.807, 2.05) is 0 Å². The van der Waals surface area contributed by atoms with Gasteiger partial charge in [-0.2, -0.15) is 0 Å². The van der Waals surface area contributed by atoms with Gasteiger partial charge in [-0.05, 0) is 25.8 Å². The molecule has 18 heavy (non-hydrogen) atoms. The number of aryl methyl sites for hydroxylation is 1. The van der Waals surface area contributed by atoms with Crippen LogP contribution < -0.4 is 10.5 Å².